The van der Waals surface area contributed by atoms with Gasteiger partial charge in [0.25, 0.3) is 0 Å². The molecule has 6 heteroatoms. The Labute approximate surface area is 149 Å². The minimum absolute atomic E-state index is 0.0404. The number of carboxylic acid groups (broad SMARTS) is 1. The molecule has 1 aromatic carbocycles. The van der Waals surface area contributed by atoms with E-state index < -0.39 is 5.97 Å². The molecule has 2 heterocycles. The van der Waals surface area contributed by atoms with Crippen LogP contribution in [0.1, 0.15) is 34.8 Å². The lowest BCUT2D eigenvalue weighted by Gasteiger charge is -2.04. The van der Waals surface area contributed by atoms with Gasteiger partial charge in [0.05, 0.1) is 10.2 Å². The second-order valence-electron chi connectivity index (χ2n) is 5.79. The molecule has 126 valence electrons. The van der Waals surface area contributed by atoms with E-state index in [4.69, 9.17) is 5.11 Å². The largest absolute Gasteiger partial charge is 0.481 e. The van der Waals surface area contributed by atoms with E-state index in [-0.39, 0.29) is 6.42 Å². The second-order valence-corrected chi connectivity index (χ2v) is 6.82. The molecule has 0 fully saturated rings. The van der Waals surface area contributed by atoms with Crippen molar-refractivity contribution in [2.24, 2.45) is 7.05 Å². The van der Waals surface area contributed by atoms with Crippen LogP contribution >= 0.6 is 11.3 Å². The van der Waals surface area contributed by atoms with E-state index in [0.717, 1.165) is 32.1 Å². The summed E-state index contributed by atoms with van der Waals surface area (Å²) in [7, 11) is 1.85. The van der Waals surface area contributed by atoms with Gasteiger partial charge in [-0.15, -0.1) is 11.3 Å². The van der Waals surface area contributed by atoms with Crippen LogP contribution in [-0.4, -0.2) is 20.6 Å². The van der Waals surface area contributed by atoms with Gasteiger partial charge < -0.3 is 9.67 Å². The minimum Gasteiger partial charge on any atom is -0.481 e. The van der Waals surface area contributed by atoms with Gasteiger partial charge in [0.2, 0.25) is 0 Å². The van der Waals surface area contributed by atoms with E-state index in [1.54, 1.807) is 11.3 Å². The van der Waals surface area contributed by atoms with Crippen LogP contribution in [0.15, 0.2) is 30.3 Å². The van der Waals surface area contributed by atoms with Gasteiger partial charge in [0.15, 0.2) is 0 Å². The smallest absolute Gasteiger partial charge is 0.303 e. The number of nitrogens with zero attached hydrogens (tertiary/aromatic N) is 3. The van der Waals surface area contributed by atoms with Gasteiger partial charge in [-0.05, 0) is 48.8 Å². The van der Waals surface area contributed by atoms with Crippen LogP contribution in [0.5, 0.6) is 0 Å². The first-order valence-electron chi connectivity index (χ1n) is 7.84. The van der Waals surface area contributed by atoms with E-state index in [9.17, 15) is 10.1 Å². The molecule has 0 unspecified atom stereocenters. The summed E-state index contributed by atoms with van der Waals surface area (Å²) in [4.78, 5) is 15.7. The lowest BCUT2D eigenvalue weighted by atomic mass is 10.1. The third-order valence-electron chi connectivity index (χ3n) is 4.20. The van der Waals surface area contributed by atoms with Gasteiger partial charge in [0, 0.05) is 19.2 Å². The maximum Gasteiger partial charge on any atom is 0.303 e. The number of hydrogen-bond donors (Lipinski definition) is 1. The quantitative estimate of drug-likeness (QED) is 0.746. The van der Waals surface area contributed by atoms with E-state index >= 15 is 0 Å². The molecule has 25 heavy (non-hydrogen) atoms. The molecule has 0 radical (unpaired) electrons. The van der Waals surface area contributed by atoms with E-state index in [2.05, 4.69) is 11.1 Å². The van der Waals surface area contributed by atoms with Crippen LogP contribution in [0.2, 0.25) is 0 Å². The highest BCUT2D eigenvalue weighted by Gasteiger charge is 2.13. The Morgan fingerprint density at radius 1 is 1.40 bits per heavy atom. The Bertz CT molecular complexity index is 988. The summed E-state index contributed by atoms with van der Waals surface area (Å²) >= 11 is 1.55. The number of benzene rings is 1. The zero-order chi connectivity index (χ0) is 18.0. The first-order valence-corrected chi connectivity index (χ1v) is 8.66. The van der Waals surface area contributed by atoms with Gasteiger partial charge in [-0.25, -0.2) is 4.98 Å². The molecule has 5 nitrogen and oxygen atoms in total. The van der Waals surface area contributed by atoms with E-state index in [1.165, 1.54) is 0 Å². The molecule has 0 spiro atoms. The van der Waals surface area contributed by atoms with Crippen LogP contribution in [-0.2, 0) is 11.8 Å². The van der Waals surface area contributed by atoms with Crippen molar-refractivity contribution < 1.29 is 9.90 Å². The second kappa shape index (κ2) is 6.91. The van der Waals surface area contributed by atoms with Crippen LogP contribution in [0.3, 0.4) is 0 Å². The molecule has 2 aromatic heterocycles. The highest BCUT2D eigenvalue weighted by atomic mass is 32.1. The zero-order valence-electron chi connectivity index (χ0n) is 14.0. The average Bonchev–Trinajstić information content (AvgIpc) is 3.14. The number of aliphatic carboxylic acids is 1. The Hall–Kier alpha value is -2.91. The first-order chi connectivity index (χ1) is 12.0. The van der Waals surface area contributed by atoms with Crippen molar-refractivity contribution in [3.63, 3.8) is 0 Å². The molecule has 0 bridgehead atoms. The van der Waals surface area contributed by atoms with Crippen molar-refractivity contribution in [1.29, 1.82) is 5.26 Å². The van der Waals surface area contributed by atoms with Crippen molar-refractivity contribution in [3.05, 3.63) is 52.3 Å². The minimum atomic E-state index is -0.838. The Balaban J connectivity index is 2.08. The number of fused-ring (bicyclic) bond motifs is 1. The number of thiazole rings is 1. The van der Waals surface area contributed by atoms with Gasteiger partial charge in [0.1, 0.15) is 16.8 Å². The van der Waals surface area contributed by atoms with Gasteiger partial charge >= 0.3 is 5.97 Å². The molecule has 0 amide bonds. The molecule has 0 aliphatic rings. The summed E-state index contributed by atoms with van der Waals surface area (Å²) in [6.45, 7) is 1.94. The number of carboxylic acids is 1. The average molecular weight is 351 g/mol. The fraction of sp³-hybridized carbons (Fsp3) is 0.211. The highest BCUT2D eigenvalue weighted by Crippen LogP contribution is 2.31. The standard InChI is InChI=1S/C19H17N3O2S/c1-12-14(10-15(11-20)22(12)2)9-13(7-8-18(23)24)19-21-16-5-3-4-6-17(16)25-19/h3-6,9-10H,7-8H2,1-2H3,(H,23,24)/b13-9+. The number of aromatic nitrogens is 2. The molecular weight excluding hydrogens is 334 g/mol. The van der Waals surface area contributed by atoms with Gasteiger partial charge in [-0.2, -0.15) is 5.26 Å². The van der Waals surface area contributed by atoms with Crippen molar-refractivity contribution in [2.45, 2.75) is 19.8 Å². The maximum absolute atomic E-state index is 11.0. The predicted molar refractivity (Wildman–Crippen MR) is 99.2 cm³/mol. The summed E-state index contributed by atoms with van der Waals surface area (Å²) in [5.74, 6) is -0.838. The van der Waals surface area contributed by atoms with Crippen LogP contribution in [0, 0.1) is 18.3 Å². The van der Waals surface area contributed by atoms with Crippen molar-refractivity contribution in [2.75, 3.05) is 0 Å². The molecular formula is C19H17N3O2S. The van der Waals surface area contributed by atoms with Crippen molar-refractivity contribution in [3.8, 4) is 6.07 Å². The number of rotatable bonds is 5. The number of carbonyl (C=O) groups is 1. The van der Waals surface area contributed by atoms with Crippen LogP contribution < -0.4 is 0 Å². The van der Waals surface area contributed by atoms with Crippen LogP contribution in [0.25, 0.3) is 21.9 Å². The molecule has 0 atom stereocenters. The predicted octanol–water partition coefficient (Wildman–Crippen LogP) is 4.22. The van der Waals surface area contributed by atoms with Crippen molar-refractivity contribution >= 4 is 39.2 Å². The summed E-state index contributed by atoms with van der Waals surface area (Å²) in [5, 5.41) is 19.1. The van der Waals surface area contributed by atoms with Gasteiger partial charge in [-0.1, -0.05) is 12.1 Å². The first kappa shape index (κ1) is 16.9. The molecule has 1 N–H and O–H groups in total. The number of nitriles is 1. The lowest BCUT2D eigenvalue weighted by molar-refractivity contribution is -0.136. The fourth-order valence-electron chi connectivity index (χ4n) is 2.66. The van der Waals surface area contributed by atoms with E-state index in [0.29, 0.717) is 12.1 Å². The summed E-state index contributed by atoms with van der Waals surface area (Å²) < 4.78 is 2.90. The molecule has 3 rings (SSSR count). The molecule has 0 aliphatic heterocycles. The van der Waals surface area contributed by atoms with Crippen molar-refractivity contribution in [1.82, 2.24) is 9.55 Å². The highest BCUT2D eigenvalue weighted by molar-refractivity contribution is 7.19. The summed E-state index contributed by atoms with van der Waals surface area (Å²) in [5.41, 5.74) is 4.24. The van der Waals surface area contributed by atoms with Crippen LogP contribution in [0.4, 0.5) is 0 Å². The normalized spacial score (nSPS) is 11.6. The monoisotopic (exact) mass is 351 g/mol. The lowest BCUT2D eigenvalue weighted by Crippen LogP contribution is -1.96. The van der Waals surface area contributed by atoms with E-state index in [1.807, 2.05) is 54.9 Å². The molecule has 3 aromatic rings. The fourth-order valence-corrected chi connectivity index (χ4v) is 3.67. The Morgan fingerprint density at radius 2 is 2.16 bits per heavy atom. The zero-order valence-corrected chi connectivity index (χ0v) is 14.8. The molecule has 0 saturated carbocycles. The molecule has 0 saturated heterocycles. The summed E-state index contributed by atoms with van der Waals surface area (Å²) in [6.07, 6.45) is 2.39. The topological polar surface area (TPSA) is 78.9 Å². The third kappa shape index (κ3) is 3.47. The maximum atomic E-state index is 11.0. The number of para-hydroxylation sites is 1. The van der Waals surface area contributed by atoms with Gasteiger partial charge in [-0.3, -0.25) is 4.79 Å². The Kier molecular flexibility index (Phi) is 4.68. The number of hydrogen-bond acceptors (Lipinski definition) is 4. The summed E-state index contributed by atoms with van der Waals surface area (Å²) in [6, 6.07) is 11.8. The third-order valence-corrected chi connectivity index (χ3v) is 5.31. The SMILES string of the molecule is Cc1c(/C=C(\CCC(=O)O)c2nc3ccccc3s2)cc(C#N)n1C. The Morgan fingerprint density at radius 3 is 2.80 bits per heavy atom. The number of allylic oxidation sites excluding steroid dienone is 1. The molecule has 0 aliphatic carbocycles.